The van der Waals surface area contributed by atoms with Crippen molar-refractivity contribution in [1.29, 1.82) is 0 Å². The maximum absolute atomic E-state index is 3.25. The molecule has 0 aromatic rings. The summed E-state index contributed by atoms with van der Waals surface area (Å²) < 4.78 is 0. The van der Waals surface area contributed by atoms with Crippen molar-refractivity contribution >= 4 is 19.0 Å². The zero-order valence-corrected chi connectivity index (χ0v) is 16.6. The van der Waals surface area contributed by atoms with Crippen molar-refractivity contribution in [2.75, 3.05) is 0 Å². The van der Waals surface area contributed by atoms with Gasteiger partial charge in [0.15, 0.2) is 0 Å². The van der Waals surface area contributed by atoms with Crippen LogP contribution >= 0.6 is 0 Å². The Balaban J connectivity index is 0.00000144. The van der Waals surface area contributed by atoms with E-state index in [1.807, 2.05) is 0 Å². The average molecular weight is 337 g/mol. The monoisotopic (exact) mass is 335 g/mol. The van der Waals surface area contributed by atoms with Gasteiger partial charge in [-0.15, -0.1) is 11.3 Å². The van der Waals surface area contributed by atoms with E-state index in [4.69, 9.17) is 0 Å². The van der Waals surface area contributed by atoms with Crippen LogP contribution in [0.4, 0.5) is 0 Å². The zero-order chi connectivity index (χ0) is 11.7. The number of rotatable bonds is 4. The van der Waals surface area contributed by atoms with Crippen LogP contribution in [0.25, 0.3) is 0 Å². The van der Waals surface area contributed by atoms with Gasteiger partial charge in [0.2, 0.25) is 0 Å². The molecular formula is C14H21Si2Zr-. The molecule has 0 N–H and O–H groups in total. The predicted molar refractivity (Wildman–Crippen MR) is 78.3 cm³/mol. The summed E-state index contributed by atoms with van der Waals surface area (Å²) in [5, 5.41) is 3.53. The molecule has 0 nitrogen and oxygen atoms in total. The summed E-state index contributed by atoms with van der Waals surface area (Å²) >= 11 is 0. The first-order valence-corrected chi connectivity index (χ1v) is 9.36. The quantitative estimate of drug-likeness (QED) is 0.546. The third-order valence-electron chi connectivity index (χ3n) is 3.06. The Morgan fingerprint density at radius 3 is 2.29 bits per heavy atom. The Kier molecular flexibility index (Phi) is 5.81. The standard InChI is InChI=1S/C14H21Si2.Zr/c1-9(2)15-13-8-11-6-5-7-12(11)14(13)16-10(3)4;/h6-10H,15-16H2,1-4H3;/q-1;. The molecule has 0 spiro atoms. The van der Waals surface area contributed by atoms with Crippen molar-refractivity contribution in [3.8, 4) is 0 Å². The predicted octanol–water partition coefficient (Wildman–Crippen LogP) is 2.43. The average Bonchev–Trinajstić information content (AvgIpc) is 2.68. The second-order valence-electron chi connectivity index (χ2n) is 5.67. The molecule has 17 heavy (non-hydrogen) atoms. The summed E-state index contributed by atoms with van der Waals surface area (Å²) in [6, 6.07) is 0. The van der Waals surface area contributed by atoms with Gasteiger partial charge in [0.05, 0.1) is 9.52 Å². The van der Waals surface area contributed by atoms with Crippen LogP contribution in [0, 0.1) is 6.08 Å². The first-order chi connectivity index (χ1) is 7.58. The van der Waals surface area contributed by atoms with Gasteiger partial charge in [0, 0.05) is 35.7 Å². The van der Waals surface area contributed by atoms with Gasteiger partial charge >= 0.3 is 0 Å². The fourth-order valence-corrected chi connectivity index (χ4v) is 6.70. The second kappa shape index (κ2) is 6.45. The smallest absolute Gasteiger partial charge is 0.0543 e. The topological polar surface area (TPSA) is 0 Å². The van der Waals surface area contributed by atoms with Crippen LogP contribution in [0.15, 0.2) is 39.8 Å². The molecule has 0 aromatic heterocycles. The molecule has 0 bridgehead atoms. The molecule has 0 fully saturated rings. The van der Waals surface area contributed by atoms with E-state index in [0.29, 0.717) is 0 Å². The van der Waals surface area contributed by atoms with Gasteiger partial charge in [-0.3, -0.25) is 0 Å². The summed E-state index contributed by atoms with van der Waals surface area (Å²) in [7, 11) is -0.142. The van der Waals surface area contributed by atoms with E-state index in [2.05, 4.69) is 52.0 Å². The Morgan fingerprint density at radius 2 is 1.71 bits per heavy atom. The summed E-state index contributed by atoms with van der Waals surface area (Å²) in [5.41, 5.74) is 4.77. The third kappa shape index (κ3) is 3.62. The molecule has 2 aliphatic carbocycles. The molecule has 0 unspecified atom stereocenters. The van der Waals surface area contributed by atoms with Crippen LogP contribution in [0.1, 0.15) is 27.7 Å². The molecule has 0 radical (unpaired) electrons. The molecule has 2 aliphatic rings. The summed E-state index contributed by atoms with van der Waals surface area (Å²) in [6.07, 6.45) is 10.1. The first-order valence-electron chi connectivity index (χ1n) is 6.32. The van der Waals surface area contributed by atoms with Crippen molar-refractivity contribution in [2.24, 2.45) is 0 Å². The Morgan fingerprint density at radius 1 is 1.06 bits per heavy atom. The van der Waals surface area contributed by atoms with Crippen molar-refractivity contribution in [2.45, 2.75) is 38.8 Å². The SMILES string of the molecule is CC(C)[SiH2]C1=CC2=C[C-]=CC2=C1[SiH2]C(C)C.[Zr]. The van der Waals surface area contributed by atoms with E-state index in [1.54, 1.807) is 10.4 Å². The second-order valence-corrected chi connectivity index (χ2v) is 11.2. The largest absolute Gasteiger partial charge is 0.185 e. The van der Waals surface area contributed by atoms with Gasteiger partial charge in [-0.2, -0.15) is 29.4 Å². The van der Waals surface area contributed by atoms with E-state index in [-0.39, 0.29) is 45.2 Å². The van der Waals surface area contributed by atoms with E-state index in [0.717, 1.165) is 11.1 Å². The van der Waals surface area contributed by atoms with Crippen molar-refractivity contribution < 1.29 is 26.2 Å². The Hall–Kier alpha value is 0.277. The molecule has 0 atom stereocenters. The molecule has 0 saturated carbocycles. The molecule has 2 rings (SSSR count). The van der Waals surface area contributed by atoms with E-state index in [9.17, 15) is 0 Å². The number of allylic oxidation sites excluding steroid dienone is 8. The number of fused-ring (bicyclic) bond motifs is 1. The minimum Gasteiger partial charge on any atom is -0.185 e. The molecule has 0 heterocycles. The molecule has 0 aliphatic heterocycles. The molecule has 0 saturated heterocycles. The summed E-state index contributed by atoms with van der Waals surface area (Å²) in [4.78, 5) is 0. The van der Waals surface area contributed by atoms with Crippen LogP contribution in [0.3, 0.4) is 0 Å². The van der Waals surface area contributed by atoms with Crippen LogP contribution in [0.2, 0.25) is 11.1 Å². The van der Waals surface area contributed by atoms with Gasteiger partial charge in [-0.05, 0) is 0 Å². The minimum absolute atomic E-state index is 0. The van der Waals surface area contributed by atoms with Gasteiger partial charge in [-0.1, -0.05) is 44.0 Å². The minimum atomic E-state index is -0.0841. The maximum Gasteiger partial charge on any atom is 0.0543 e. The van der Waals surface area contributed by atoms with Crippen molar-refractivity contribution in [3.63, 3.8) is 0 Å². The van der Waals surface area contributed by atoms with Crippen LogP contribution in [0.5, 0.6) is 0 Å². The maximum atomic E-state index is 3.25. The van der Waals surface area contributed by atoms with Gasteiger partial charge < -0.3 is 0 Å². The van der Waals surface area contributed by atoms with Gasteiger partial charge in [0.1, 0.15) is 0 Å². The third-order valence-corrected chi connectivity index (χ3v) is 7.51. The van der Waals surface area contributed by atoms with E-state index < -0.39 is 0 Å². The fourth-order valence-electron chi connectivity index (χ4n) is 2.48. The van der Waals surface area contributed by atoms with E-state index in [1.165, 1.54) is 11.1 Å². The normalized spacial score (nSPS) is 18.9. The van der Waals surface area contributed by atoms with Gasteiger partial charge in [-0.25, -0.2) is 0 Å². The fraction of sp³-hybridized carbons (Fsp3) is 0.429. The molecule has 3 heteroatoms. The van der Waals surface area contributed by atoms with Crippen molar-refractivity contribution in [3.05, 3.63) is 45.8 Å². The number of hydrogen-bond acceptors (Lipinski definition) is 0. The molecule has 0 amide bonds. The zero-order valence-electron chi connectivity index (χ0n) is 11.3. The van der Waals surface area contributed by atoms with Crippen molar-refractivity contribution in [1.82, 2.24) is 0 Å². The molecule has 0 aromatic carbocycles. The van der Waals surface area contributed by atoms with Crippen LogP contribution in [-0.2, 0) is 26.2 Å². The van der Waals surface area contributed by atoms with Gasteiger partial charge in [0.25, 0.3) is 0 Å². The molecular weight excluding hydrogens is 316 g/mol. The number of hydrogen-bond donors (Lipinski definition) is 0. The summed E-state index contributed by atoms with van der Waals surface area (Å²) in [5.74, 6) is 0. The van der Waals surface area contributed by atoms with E-state index >= 15 is 0 Å². The van der Waals surface area contributed by atoms with Crippen LogP contribution < -0.4 is 0 Å². The molecule has 90 valence electrons. The first kappa shape index (κ1) is 15.3. The van der Waals surface area contributed by atoms with Crippen LogP contribution in [-0.4, -0.2) is 19.0 Å². The summed E-state index contributed by atoms with van der Waals surface area (Å²) in [6.45, 7) is 9.49. The Labute approximate surface area is 129 Å². The Bertz CT molecular complexity index is 412.